The molecule has 1 aromatic rings. The van der Waals surface area contributed by atoms with Crippen molar-refractivity contribution in [3.05, 3.63) is 39.9 Å². The maximum Gasteiger partial charge on any atom is 0.269 e. The van der Waals surface area contributed by atoms with E-state index in [1.165, 1.54) is 24.3 Å². The highest BCUT2D eigenvalue weighted by atomic mass is 16.6. The minimum Gasteiger partial charge on any atom is -0.475 e. The van der Waals surface area contributed by atoms with Crippen LogP contribution in [-0.2, 0) is 4.74 Å². The van der Waals surface area contributed by atoms with Crippen LogP contribution in [0.15, 0.2) is 29.4 Å². The average Bonchev–Trinajstić information content (AvgIpc) is 2.26. The summed E-state index contributed by atoms with van der Waals surface area (Å²) in [7, 11) is 0. The fourth-order valence-corrected chi connectivity index (χ4v) is 1.03. The van der Waals surface area contributed by atoms with Crippen LogP contribution in [0.2, 0.25) is 0 Å². The van der Waals surface area contributed by atoms with E-state index in [9.17, 15) is 10.1 Å². The van der Waals surface area contributed by atoms with Crippen molar-refractivity contribution in [3.8, 4) is 0 Å². The lowest BCUT2D eigenvalue weighted by atomic mass is 10.2. The zero-order valence-corrected chi connectivity index (χ0v) is 8.08. The monoisotopic (exact) mass is 210 g/mol. The molecule has 0 unspecified atom stereocenters. The highest BCUT2D eigenvalue weighted by molar-refractivity contribution is 5.93. The summed E-state index contributed by atoms with van der Waals surface area (Å²) in [5.41, 5.74) is 0.470. The Labute approximate surface area is 85.9 Å². The smallest absolute Gasteiger partial charge is 0.269 e. The molecule has 1 N–H and O–H groups in total. The molecule has 0 atom stereocenters. The summed E-state index contributed by atoms with van der Waals surface area (Å²) in [5, 5.41) is 21.9. The predicted octanol–water partition coefficient (Wildman–Crippen LogP) is 1.77. The SMILES string of the molecule is CCO/C(=N\O)c1ccc([N+](=O)[O-])cc1. The topological polar surface area (TPSA) is 85.0 Å². The van der Waals surface area contributed by atoms with Crippen molar-refractivity contribution in [2.24, 2.45) is 5.16 Å². The van der Waals surface area contributed by atoms with Gasteiger partial charge in [-0.15, -0.1) is 0 Å². The van der Waals surface area contributed by atoms with Crippen molar-refractivity contribution < 1.29 is 14.9 Å². The highest BCUT2D eigenvalue weighted by Crippen LogP contribution is 2.12. The van der Waals surface area contributed by atoms with Gasteiger partial charge in [0.05, 0.1) is 11.5 Å². The fourth-order valence-electron chi connectivity index (χ4n) is 1.03. The zero-order valence-electron chi connectivity index (χ0n) is 8.08. The minimum atomic E-state index is -0.500. The van der Waals surface area contributed by atoms with Gasteiger partial charge in [-0.25, -0.2) is 0 Å². The van der Waals surface area contributed by atoms with Crippen LogP contribution in [0.1, 0.15) is 12.5 Å². The molecular formula is C9H10N2O4. The Balaban J connectivity index is 2.92. The number of ether oxygens (including phenoxy) is 1. The van der Waals surface area contributed by atoms with Crippen molar-refractivity contribution in [2.45, 2.75) is 6.92 Å². The molecule has 0 aliphatic heterocycles. The number of nitro benzene ring substituents is 1. The van der Waals surface area contributed by atoms with E-state index in [0.29, 0.717) is 12.2 Å². The molecule has 0 aliphatic rings. The van der Waals surface area contributed by atoms with Crippen LogP contribution in [0.5, 0.6) is 0 Å². The van der Waals surface area contributed by atoms with Gasteiger partial charge < -0.3 is 9.94 Å². The van der Waals surface area contributed by atoms with Gasteiger partial charge in [-0.1, -0.05) is 0 Å². The summed E-state index contributed by atoms with van der Waals surface area (Å²) >= 11 is 0. The fraction of sp³-hybridized carbons (Fsp3) is 0.222. The van der Waals surface area contributed by atoms with Gasteiger partial charge in [-0.05, 0) is 24.2 Å². The third-order valence-electron chi connectivity index (χ3n) is 1.70. The molecule has 0 saturated heterocycles. The van der Waals surface area contributed by atoms with Crippen LogP contribution in [0.3, 0.4) is 0 Å². The second-order valence-corrected chi connectivity index (χ2v) is 2.64. The molecule has 1 aromatic carbocycles. The lowest BCUT2D eigenvalue weighted by Gasteiger charge is -2.04. The minimum absolute atomic E-state index is 0.0208. The van der Waals surface area contributed by atoms with Crippen LogP contribution in [0, 0.1) is 10.1 Å². The van der Waals surface area contributed by atoms with Crippen LogP contribution < -0.4 is 0 Å². The van der Waals surface area contributed by atoms with Crippen molar-refractivity contribution in [2.75, 3.05) is 6.61 Å². The average molecular weight is 210 g/mol. The van der Waals surface area contributed by atoms with E-state index in [-0.39, 0.29) is 11.6 Å². The summed E-state index contributed by atoms with van der Waals surface area (Å²) in [6, 6.07) is 5.56. The molecule has 15 heavy (non-hydrogen) atoms. The highest BCUT2D eigenvalue weighted by Gasteiger charge is 2.08. The Morgan fingerprint density at radius 1 is 1.53 bits per heavy atom. The van der Waals surface area contributed by atoms with Gasteiger partial charge in [-0.3, -0.25) is 10.1 Å². The van der Waals surface area contributed by atoms with Crippen molar-refractivity contribution >= 4 is 11.6 Å². The Hall–Kier alpha value is -2.11. The molecule has 1 rings (SSSR count). The molecule has 0 radical (unpaired) electrons. The molecular weight excluding hydrogens is 200 g/mol. The van der Waals surface area contributed by atoms with Crippen molar-refractivity contribution in [1.82, 2.24) is 0 Å². The van der Waals surface area contributed by atoms with E-state index in [1.54, 1.807) is 6.92 Å². The van der Waals surface area contributed by atoms with Gasteiger partial charge >= 0.3 is 0 Å². The zero-order chi connectivity index (χ0) is 11.3. The van der Waals surface area contributed by atoms with Crippen molar-refractivity contribution in [1.29, 1.82) is 0 Å². The molecule has 80 valence electrons. The first kappa shape index (κ1) is 11.0. The summed E-state index contributed by atoms with van der Waals surface area (Å²) in [6.45, 7) is 2.10. The molecule has 0 fully saturated rings. The standard InChI is InChI=1S/C9H10N2O4/c1-2-15-9(10-12)7-3-5-8(6-4-7)11(13)14/h3-6,12H,2H2,1H3/b10-9-. The Morgan fingerprint density at radius 2 is 2.13 bits per heavy atom. The van der Waals surface area contributed by atoms with E-state index in [4.69, 9.17) is 9.94 Å². The van der Waals surface area contributed by atoms with Gasteiger partial charge in [0.2, 0.25) is 0 Å². The summed E-state index contributed by atoms with van der Waals surface area (Å²) in [6.07, 6.45) is 0. The molecule has 0 aromatic heterocycles. The third kappa shape index (κ3) is 2.67. The normalized spacial score (nSPS) is 11.1. The van der Waals surface area contributed by atoms with Gasteiger partial charge in [-0.2, -0.15) is 0 Å². The molecule has 0 aliphatic carbocycles. The second-order valence-electron chi connectivity index (χ2n) is 2.64. The summed E-state index contributed by atoms with van der Waals surface area (Å²) in [5.74, 6) is 0.0485. The molecule has 0 heterocycles. The second kappa shape index (κ2) is 4.94. The van der Waals surface area contributed by atoms with Crippen LogP contribution in [0.25, 0.3) is 0 Å². The first-order chi connectivity index (χ1) is 7.19. The Morgan fingerprint density at radius 3 is 2.53 bits per heavy atom. The van der Waals surface area contributed by atoms with Gasteiger partial charge in [0.1, 0.15) is 0 Å². The number of nitrogens with zero attached hydrogens (tertiary/aromatic N) is 2. The van der Waals surface area contributed by atoms with E-state index in [1.807, 2.05) is 0 Å². The largest absolute Gasteiger partial charge is 0.475 e. The molecule has 0 saturated carbocycles. The van der Waals surface area contributed by atoms with E-state index in [0.717, 1.165) is 0 Å². The maximum atomic E-state index is 10.4. The van der Waals surface area contributed by atoms with Crippen LogP contribution in [-0.4, -0.2) is 22.6 Å². The van der Waals surface area contributed by atoms with Crippen LogP contribution >= 0.6 is 0 Å². The summed E-state index contributed by atoms with van der Waals surface area (Å²) < 4.78 is 5.01. The van der Waals surface area contributed by atoms with Crippen molar-refractivity contribution in [3.63, 3.8) is 0 Å². The Kier molecular flexibility index (Phi) is 3.61. The number of non-ortho nitro benzene ring substituents is 1. The van der Waals surface area contributed by atoms with Gasteiger partial charge in [0, 0.05) is 17.7 Å². The number of hydrogen-bond donors (Lipinski definition) is 1. The third-order valence-corrected chi connectivity index (χ3v) is 1.70. The number of hydrogen-bond acceptors (Lipinski definition) is 5. The molecule has 6 nitrogen and oxygen atoms in total. The van der Waals surface area contributed by atoms with E-state index in [2.05, 4.69) is 5.16 Å². The molecule has 6 heteroatoms. The number of rotatable bonds is 3. The first-order valence-electron chi connectivity index (χ1n) is 4.28. The molecule has 0 bridgehead atoms. The lowest BCUT2D eigenvalue weighted by Crippen LogP contribution is -2.06. The molecule has 0 amide bonds. The summed E-state index contributed by atoms with van der Waals surface area (Å²) in [4.78, 5) is 9.87. The number of benzene rings is 1. The number of oxime groups is 1. The quantitative estimate of drug-likeness (QED) is 0.271. The maximum absolute atomic E-state index is 10.4. The first-order valence-corrected chi connectivity index (χ1v) is 4.28. The van der Waals surface area contributed by atoms with E-state index >= 15 is 0 Å². The number of nitro groups is 1. The van der Waals surface area contributed by atoms with E-state index < -0.39 is 4.92 Å². The van der Waals surface area contributed by atoms with Gasteiger partial charge in [0.25, 0.3) is 11.6 Å². The molecule has 0 spiro atoms. The Bertz CT molecular complexity index is 372. The predicted molar refractivity (Wildman–Crippen MR) is 53.0 cm³/mol. The van der Waals surface area contributed by atoms with Gasteiger partial charge in [0.15, 0.2) is 0 Å². The lowest BCUT2D eigenvalue weighted by molar-refractivity contribution is -0.384. The van der Waals surface area contributed by atoms with Crippen LogP contribution in [0.4, 0.5) is 5.69 Å².